The van der Waals surface area contributed by atoms with E-state index >= 15 is 0 Å². The summed E-state index contributed by atoms with van der Waals surface area (Å²) < 4.78 is 11.0. The van der Waals surface area contributed by atoms with Crippen molar-refractivity contribution in [2.75, 3.05) is 18.0 Å². The monoisotopic (exact) mass is 364 g/mol. The zero-order valence-corrected chi connectivity index (χ0v) is 14.4. The van der Waals surface area contributed by atoms with Gasteiger partial charge in [-0.15, -0.1) is 0 Å². The number of rotatable bonds is 2. The molecule has 0 unspecified atom stereocenters. The highest BCUT2D eigenvalue weighted by Crippen LogP contribution is 2.49. The fraction of sp³-hybridized carbons (Fsp3) is 0.263. The maximum absolute atomic E-state index is 11.2. The van der Waals surface area contributed by atoms with E-state index in [-0.39, 0.29) is 16.8 Å². The quantitative estimate of drug-likeness (QED) is 0.506. The molecule has 1 saturated heterocycles. The molecule has 0 atom stereocenters. The molecule has 5 rings (SSSR count). The highest BCUT2D eigenvalue weighted by Gasteiger charge is 2.45. The number of ether oxygens (including phenoxy) is 1. The van der Waals surface area contributed by atoms with Crippen molar-refractivity contribution >= 4 is 28.2 Å². The fourth-order valence-corrected chi connectivity index (χ4v) is 4.19. The molecule has 8 nitrogen and oxygen atoms in total. The number of nitro benzene ring substituents is 1. The van der Waals surface area contributed by atoms with Crippen LogP contribution in [0.2, 0.25) is 0 Å². The van der Waals surface area contributed by atoms with Gasteiger partial charge in [0, 0.05) is 43.1 Å². The van der Waals surface area contributed by atoms with Crippen molar-refractivity contribution in [2.45, 2.75) is 18.4 Å². The number of piperidine rings is 1. The molecule has 3 heterocycles. The summed E-state index contributed by atoms with van der Waals surface area (Å²) in [4.78, 5) is 12.8. The van der Waals surface area contributed by atoms with Crippen molar-refractivity contribution in [3.8, 4) is 0 Å². The number of fused-ring (bicyclic) bond motifs is 3. The molecular formula is C19H16N4O4. The number of hydrogen-bond donors (Lipinski definition) is 0. The minimum atomic E-state index is -0.476. The standard InChI is InChI=1S/C19H16N4O4/c1-12-13-4-2-3-5-14(13)19(26-12)8-10-22(11-9-19)15-6-7-16(23(24)25)18-17(15)20-27-21-18/h2-7H,1,8-11H2. The highest BCUT2D eigenvalue weighted by atomic mass is 16.6. The third-order valence-corrected chi connectivity index (χ3v) is 5.52. The summed E-state index contributed by atoms with van der Waals surface area (Å²) in [5.41, 5.74) is 3.18. The Labute approximate surface area is 154 Å². The number of anilines is 1. The molecule has 0 amide bonds. The van der Waals surface area contributed by atoms with Gasteiger partial charge in [-0.25, -0.2) is 4.63 Å². The Balaban J connectivity index is 1.46. The van der Waals surface area contributed by atoms with Gasteiger partial charge in [-0.3, -0.25) is 10.1 Å². The molecule has 3 aromatic rings. The summed E-state index contributed by atoms with van der Waals surface area (Å²) in [5.74, 6) is 0.720. The van der Waals surface area contributed by atoms with Gasteiger partial charge in [0.2, 0.25) is 5.52 Å². The van der Waals surface area contributed by atoms with Crippen molar-refractivity contribution < 1.29 is 14.3 Å². The van der Waals surface area contributed by atoms with Crippen LogP contribution in [0.3, 0.4) is 0 Å². The summed E-state index contributed by atoms with van der Waals surface area (Å²) in [7, 11) is 0. The van der Waals surface area contributed by atoms with Gasteiger partial charge in [-0.05, 0) is 16.4 Å². The zero-order valence-electron chi connectivity index (χ0n) is 14.4. The van der Waals surface area contributed by atoms with Crippen molar-refractivity contribution in [3.05, 3.63) is 64.2 Å². The van der Waals surface area contributed by atoms with E-state index in [0.717, 1.165) is 42.9 Å². The van der Waals surface area contributed by atoms with Crippen LogP contribution in [0, 0.1) is 10.1 Å². The van der Waals surface area contributed by atoms with Crippen molar-refractivity contribution in [3.63, 3.8) is 0 Å². The Morgan fingerprint density at radius 2 is 1.85 bits per heavy atom. The van der Waals surface area contributed by atoms with Crippen LogP contribution >= 0.6 is 0 Å². The Morgan fingerprint density at radius 1 is 1.11 bits per heavy atom. The molecule has 2 aromatic carbocycles. The third-order valence-electron chi connectivity index (χ3n) is 5.52. The minimum Gasteiger partial charge on any atom is -0.482 e. The van der Waals surface area contributed by atoms with Crippen molar-refractivity contribution in [2.24, 2.45) is 0 Å². The SMILES string of the molecule is C=C1OC2(CCN(c3ccc([N+](=O)[O-])c4nonc34)CC2)c2ccccc21. The summed E-state index contributed by atoms with van der Waals surface area (Å²) in [6, 6.07) is 11.3. The van der Waals surface area contributed by atoms with Crippen LogP contribution in [0.25, 0.3) is 16.8 Å². The molecule has 0 bridgehead atoms. The lowest BCUT2D eigenvalue weighted by molar-refractivity contribution is -0.383. The molecule has 0 radical (unpaired) electrons. The first kappa shape index (κ1) is 15.8. The second-order valence-electron chi connectivity index (χ2n) is 6.87. The largest absolute Gasteiger partial charge is 0.482 e. The van der Waals surface area contributed by atoms with Crippen LogP contribution in [-0.4, -0.2) is 28.3 Å². The van der Waals surface area contributed by atoms with E-state index < -0.39 is 4.92 Å². The fourth-order valence-electron chi connectivity index (χ4n) is 4.19. The van der Waals surface area contributed by atoms with E-state index in [4.69, 9.17) is 9.37 Å². The molecule has 8 heteroatoms. The molecule has 0 saturated carbocycles. The average molecular weight is 364 g/mol. The summed E-state index contributed by atoms with van der Waals surface area (Å²) in [6.07, 6.45) is 1.57. The lowest BCUT2D eigenvalue weighted by Crippen LogP contribution is -2.42. The number of non-ortho nitro benzene ring substituents is 1. The zero-order chi connectivity index (χ0) is 18.6. The first-order valence-electron chi connectivity index (χ1n) is 8.71. The van der Waals surface area contributed by atoms with Crippen LogP contribution in [0.15, 0.2) is 47.6 Å². The summed E-state index contributed by atoms with van der Waals surface area (Å²) in [5, 5.41) is 18.8. The van der Waals surface area contributed by atoms with Crippen molar-refractivity contribution in [1.29, 1.82) is 0 Å². The maximum atomic E-state index is 11.2. The van der Waals surface area contributed by atoms with E-state index in [1.807, 2.05) is 18.2 Å². The maximum Gasteiger partial charge on any atom is 0.300 e. The molecule has 136 valence electrons. The molecule has 1 spiro atoms. The number of aromatic nitrogens is 2. The normalized spacial score (nSPS) is 17.9. The van der Waals surface area contributed by atoms with Gasteiger partial charge in [0.15, 0.2) is 5.52 Å². The highest BCUT2D eigenvalue weighted by molar-refractivity contribution is 5.93. The number of benzene rings is 2. The van der Waals surface area contributed by atoms with Crippen LogP contribution in [0.1, 0.15) is 24.0 Å². The van der Waals surface area contributed by atoms with Crippen LogP contribution in [0.5, 0.6) is 0 Å². The van der Waals surface area contributed by atoms with E-state index in [0.29, 0.717) is 5.52 Å². The number of nitrogens with zero attached hydrogens (tertiary/aromatic N) is 4. The Bertz CT molecular complexity index is 1080. The van der Waals surface area contributed by atoms with Gasteiger partial charge >= 0.3 is 5.69 Å². The first-order chi connectivity index (χ1) is 13.1. The lowest BCUT2D eigenvalue weighted by atomic mass is 9.83. The second-order valence-corrected chi connectivity index (χ2v) is 6.87. The minimum absolute atomic E-state index is 0.104. The topological polar surface area (TPSA) is 94.5 Å². The Morgan fingerprint density at radius 3 is 2.63 bits per heavy atom. The van der Waals surface area contributed by atoms with Gasteiger partial charge in [-0.2, -0.15) is 0 Å². The molecule has 27 heavy (non-hydrogen) atoms. The van der Waals surface area contributed by atoms with E-state index in [1.54, 1.807) is 6.07 Å². The molecule has 2 aliphatic heterocycles. The predicted molar refractivity (Wildman–Crippen MR) is 98.1 cm³/mol. The number of hydrogen-bond acceptors (Lipinski definition) is 7. The lowest BCUT2D eigenvalue weighted by Gasteiger charge is -2.40. The Hall–Kier alpha value is -3.42. The van der Waals surface area contributed by atoms with E-state index in [9.17, 15) is 10.1 Å². The van der Waals surface area contributed by atoms with Gasteiger partial charge in [0.25, 0.3) is 0 Å². The van der Waals surface area contributed by atoms with E-state index in [1.165, 1.54) is 11.6 Å². The summed E-state index contributed by atoms with van der Waals surface area (Å²) >= 11 is 0. The van der Waals surface area contributed by atoms with Gasteiger partial charge in [-0.1, -0.05) is 30.8 Å². The van der Waals surface area contributed by atoms with Gasteiger partial charge < -0.3 is 9.64 Å². The molecule has 1 fully saturated rings. The Kier molecular flexibility index (Phi) is 3.24. The second kappa shape index (κ2) is 5.54. The average Bonchev–Trinajstić information content (AvgIpc) is 3.26. The van der Waals surface area contributed by atoms with Crippen LogP contribution in [0.4, 0.5) is 11.4 Å². The van der Waals surface area contributed by atoms with Gasteiger partial charge in [0.05, 0.1) is 10.6 Å². The first-order valence-corrected chi connectivity index (χ1v) is 8.71. The van der Waals surface area contributed by atoms with Crippen molar-refractivity contribution in [1.82, 2.24) is 10.3 Å². The van der Waals surface area contributed by atoms with E-state index in [2.05, 4.69) is 27.9 Å². The summed E-state index contributed by atoms with van der Waals surface area (Å²) in [6.45, 7) is 5.50. The number of nitro groups is 1. The molecule has 0 aliphatic carbocycles. The molecular weight excluding hydrogens is 348 g/mol. The molecule has 1 aromatic heterocycles. The molecule has 2 aliphatic rings. The third kappa shape index (κ3) is 2.22. The van der Waals surface area contributed by atoms with Crippen LogP contribution in [-0.2, 0) is 10.3 Å². The molecule has 0 N–H and O–H groups in total. The van der Waals surface area contributed by atoms with Gasteiger partial charge in [0.1, 0.15) is 11.4 Å². The smallest absolute Gasteiger partial charge is 0.300 e. The van der Waals surface area contributed by atoms with Crippen LogP contribution < -0.4 is 4.90 Å². The predicted octanol–water partition coefficient (Wildman–Crippen LogP) is 3.63.